The van der Waals surface area contributed by atoms with Crippen LogP contribution in [0.1, 0.15) is 49.0 Å². The number of hydrogen-bond donors (Lipinski definition) is 1. The summed E-state index contributed by atoms with van der Waals surface area (Å²) in [6, 6.07) is 8.76. The Morgan fingerprint density at radius 2 is 2.15 bits per heavy atom. The van der Waals surface area contributed by atoms with E-state index >= 15 is 0 Å². The molecule has 0 bridgehead atoms. The first-order chi connectivity index (χ1) is 9.63. The Labute approximate surface area is 120 Å². The van der Waals surface area contributed by atoms with Crippen molar-refractivity contribution in [3.8, 4) is 0 Å². The number of aryl methyl sites for hydroxylation is 1. The Morgan fingerprint density at radius 1 is 1.35 bits per heavy atom. The van der Waals surface area contributed by atoms with E-state index in [1.54, 1.807) is 0 Å². The Morgan fingerprint density at radius 3 is 2.80 bits per heavy atom. The molecule has 0 aliphatic carbocycles. The molecule has 1 heterocycles. The average Bonchev–Trinajstić information content (AvgIpc) is 2.88. The van der Waals surface area contributed by atoms with Gasteiger partial charge in [0.15, 0.2) is 5.82 Å². The number of nitrogens with zero attached hydrogens (tertiary/aromatic N) is 2. The molecule has 0 spiro atoms. The maximum absolute atomic E-state index is 5.41. The smallest absolute Gasteiger partial charge is 0.231 e. The average molecular weight is 273 g/mol. The van der Waals surface area contributed by atoms with Gasteiger partial charge in [0.25, 0.3) is 0 Å². The zero-order valence-electron chi connectivity index (χ0n) is 12.7. The van der Waals surface area contributed by atoms with E-state index < -0.39 is 0 Å². The molecule has 0 saturated heterocycles. The highest BCUT2D eigenvalue weighted by atomic mass is 16.5. The zero-order chi connectivity index (χ0) is 14.5. The zero-order valence-corrected chi connectivity index (χ0v) is 12.7. The molecule has 1 aromatic heterocycles. The van der Waals surface area contributed by atoms with Gasteiger partial charge in [-0.05, 0) is 26.0 Å². The highest BCUT2D eigenvalue weighted by molar-refractivity contribution is 5.24. The predicted octanol–water partition coefficient (Wildman–Crippen LogP) is 3.07. The van der Waals surface area contributed by atoms with Crippen molar-refractivity contribution in [3.63, 3.8) is 0 Å². The summed E-state index contributed by atoms with van der Waals surface area (Å²) in [7, 11) is 1.97. The Bertz CT molecular complexity index is 546. The second kappa shape index (κ2) is 6.66. The van der Waals surface area contributed by atoms with Crippen molar-refractivity contribution in [1.82, 2.24) is 15.5 Å². The quantitative estimate of drug-likeness (QED) is 0.878. The second-order valence-electron chi connectivity index (χ2n) is 5.31. The van der Waals surface area contributed by atoms with E-state index in [-0.39, 0.29) is 5.92 Å². The molecule has 2 atom stereocenters. The molecule has 4 nitrogen and oxygen atoms in total. The van der Waals surface area contributed by atoms with E-state index in [4.69, 9.17) is 4.52 Å². The highest BCUT2D eigenvalue weighted by Crippen LogP contribution is 2.20. The standard InChI is InChI=1S/C16H23N3O/c1-5-14(17-4)12(3)16-18-15(19-20-16)10-13-8-6-7-11(2)9-13/h6-9,12,14,17H,5,10H2,1-4H3. The minimum absolute atomic E-state index is 0.226. The largest absolute Gasteiger partial charge is 0.339 e. The molecule has 1 N–H and O–H groups in total. The van der Waals surface area contributed by atoms with E-state index in [1.165, 1.54) is 11.1 Å². The molecule has 108 valence electrons. The number of likely N-dealkylation sites (N-methyl/N-ethyl adjacent to an activating group) is 1. The minimum Gasteiger partial charge on any atom is -0.339 e. The van der Waals surface area contributed by atoms with Gasteiger partial charge in [-0.2, -0.15) is 4.98 Å². The van der Waals surface area contributed by atoms with Crippen LogP contribution in [0.5, 0.6) is 0 Å². The molecule has 2 unspecified atom stereocenters. The second-order valence-corrected chi connectivity index (χ2v) is 5.31. The van der Waals surface area contributed by atoms with Crippen LogP contribution in [0.25, 0.3) is 0 Å². The molecule has 0 amide bonds. The molecule has 0 radical (unpaired) electrons. The van der Waals surface area contributed by atoms with Crippen molar-refractivity contribution in [3.05, 3.63) is 47.1 Å². The van der Waals surface area contributed by atoms with Crippen LogP contribution >= 0.6 is 0 Å². The summed E-state index contributed by atoms with van der Waals surface area (Å²) in [6.45, 7) is 6.36. The Kier molecular flexibility index (Phi) is 4.90. The van der Waals surface area contributed by atoms with Crippen molar-refractivity contribution >= 4 is 0 Å². The lowest BCUT2D eigenvalue weighted by molar-refractivity contribution is 0.324. The van der Waals surface area contributed by atoms with Crippen LogP contribution in [0, 0.1) is 6.92 Å². The predicted molar refractivity (Wildman–Crippen MR) is 79.8 cm³/mol. The monoisotopic (exact) mass is 273 g/mol. The van der Waals surface area contributed by atoms with Crippen LogP contribution in [-0.2, 0) is 6.42 Å². The molecule has 2 rings (SSSR count). The number of nitrogens with one attached hydrogen (secondary N) is 1. The lowest BCUT2D eigenvalue weighted by Crippen LogP contribution is -2.30. The van der Waals surface area contributed by atoms with E-state index in [9.17, 15) is 0 Å². The van der Waals surface area contributed by atoms with Crippen LogP contribution < -0.4 is 5.32 Å². The van der Waals surface area contributed by atoms with E-state index in [0.717, 1.165) is 12.2 Å². The summed E-state index contributed by atoms with van der Waals surface area (Å²) in [5, 5.41) is 7.39. The van der Waals surface area contributed by atoms with Gasteiger partial charge < -0.3 is 9.84 Å². The molecular formula is C16H23N3O. The van der Waals surface area contributed by atoms with E-state index in [0.29, 0.717) is 18.4 Å². The van der Waals surface area contributed by atoms with Crippen molar-refractivity contribution < 1.29 is 4.52 Å². The summed E-state index contributed by atoms with van der Waals surface area (Å²) in [5.74, 6) is 1.70. The molecule has 0 fully saturated rings. The first-order valence-corrected chi connectivity index (χ1v) is 7.19. The van der Waals surface area contributed by atoms with Crippen molar-refractivity contribution in [2.24, 2.45) is 0 Å². The topological polar surface area (TPSA) is 51.0 Å². The minimum atomic E-state index is 0.226. The van der Waals surface area contributed by atoms with E-state index in [1.807, 2.05) is 7.05 Å². The van der Waals surface area contributed by atoms with Gasteiger partial charge in [-0.15, -0.1) is 0 Å². The molecule has 1 aromatic carbocycles. The van der Waals surface area contributed by atoms with Gasteiger partial charge in [-0.3, -0.25) is 0 Å². The number of rotatable bonds is 6. The molecule has 0 aliphatic heterocycles. The number of benzene rings is 1. The molecule has 4 heteroatoms. The fourth-order valence-electron chi connectivity index (χ4n) is 2.51. The van der Waals surface area contributed by atoms with Gasteiger partial charge in [0, 0.05) is 12.5 Å². The maximum atomic E-state index is 5.41. The molecule has 0 aliphatic rings. The third-order valence-electron chi connectivity index (χ3n) is 3.73. The summed E-state index contributed by atoms with van der Waals surface area (Å²) < 4.78 is 5.41. The SMILES string of the molecule is CCC(NC)C(C)c1nc(Cc2cccc(C)c2)no1. The van der Waals surface area contributed by atoms with Gasteiger partial charge in [-0.25, -0.2) is 0 Å². The van der Waals surface area contributed by atoms with Gasteiger partial charge in [-0.1, -0.05) is 48.8 Å². The molecular weight excluding hydrogens is 250 g/mol. The van der Waals surface area contributed by atoms with Gasteiger partial charge >= 0.3 is 0 Å². The fraction of sp³-hybridized carbons (Fsp3) is 0.500. The molecule has 20 heavy (non-hydrogen) atoms. The first-order valence-electron chi connectivity index (χ1n) is 7.19. The first kappa shape index (κ1) is 14.7. The summed E-state index contributed by atoms with van der Waals surface area (Å²) in [5.41, 5.74) is 2.46. The molecule has 2 aromatic rings. The van der Waals surface area contributed by atoms with Crippen molar-refractivity contribution in [1.29, 1.82) is 0 Å². The van der Waals surface area contributed by atoms with Crippen LogP contribution in [0.15, 0.2) is 28.8 Å². The lowest BCUT2D eigenvalue weighted by Gasteiger charge is -2.18. The highest BCUT2D eigenvalue weighted by Gasteiger charge is 2.21. The third kappa shape index (κ3) is 3.45. The Balaban J connectivity index is 2.09. The number of hydrogen-bond acceptors (Lipinski definition) is 4. The normalized spacial score (nSPS) is 14.2. The van der Waals surface area contributed by atoms with Gasteiger partial charge in [0.1, 0.15) is 0 Å². The van der Waals surface area contributed by atoms with Crippen LogP contribution in [0.4, 0.5) is 0 Å². The third-order valence-corrected chi connectivity index (χ3v) is 3.73. The summed E-state index contributed by atoms with van der Waals surface area (Å²) >= 11 is 0. The number of aromatic nitrogens is 2. The summed E-state index contributed by atoms with van der Waals surface area (Å²) in [4.78, 5) is 4.53. The van der Waals surface area contributed by atoms with Crippen molar-refractivity contribution in [2.45, 2.75) is 45.6 Å². The molecule has 0 saturated carbocycles. The van der Waals surface area contributed by atoms with Crippen molar-refractivity contribution in [2.75, 3.05) is 7.05 Å². The van der Waals surface area contributed by atoms with Crippen LogP contribution in [-0.4, -0.2) is 23.2 Å². The maximum Gasteiger partial charge on any atom is 0.231 e. The Hall–Kier alpha value is -1.68. The van der Waals surface area contributed by atoms with Crippen LogP contribution in [0.3, 0.4) is 0 Å². The fourth-order valence-corrected chi connectivity index (χ4v) is 2.51. The van der Waals surface area contributed by atoms with Crippen LogP contribution in [0.2, 0.25) is 0 Å². The van der Waals surface area contributed by atoms with Gasteiger partial charge in [0.2, 0.25) is 5.89 Å². The van der Waals surface area contributed by atoms with Gasteiger partial charge in [0.05, 0.1) is 5.92 Å². The lowest BCUT2D eigenvalue weighted by atomic mass is 10.00. The van der Waals surface area contributed by atoms with E-state index in [2.05, 4.69) is 60.5 Å². The summed E-state index contributed by atoms with van der Waals surface area (Å²) in [6.07, 6.45) is 1.75.